The first kappa shape index (κ1) is 15.2. The maximum atomic E-state index is 10.4. The molecule has 0 N–H and O–H groups in total. The summed E-state index contributed by atoms with van der Waals surface area (Å²) < 4.78 is 28.4. The van der Waals surface area contributed by atoms with Crippen LogP contribution in [0.3, 0.4) is 0 Å². The molecule has 0 heterocycles. The molecule has 0 aromatic carbocycles. The van der Waals surface area contributed by atoms with Gasteiger partial charge in [0.1, 0.15) is 0 Å². The normalized spacial score (nSPS) is 9.00. The molecule has 0 aliphatic rings. The van der Waals surface area contributed by atoms with Gasteiger partial charge >= 0.3 is 24.8 Å². The molecule has 0 aromatic rings. The van der Waals surface area contributed by atoms with E-state index in [1.807, 2.05) is 0 Å². The molecule has 0 saturated heterocycles. The van der Waals surface area contributed by atoms with Crippen molar-refractivity contribution < 1.29 is 22.1 Å². The summed E-state index contributed by atoms with van der Waals surface area (Å²) in [5.74, 6) is -0.526. The monoisotopic (exact) mass is 202 g/mol. The summed E-state index contributed by atoms with van der Waals surface area (Å²) in [6.07, 6.45) is 1.39. The molecule has 0 unspecified atom stereocenters. The van der Waals surface area contributed by atoms with Crippen LogP contribution in [0.2, 0.25) is 0 Å². The van der Waals surface area contributed by atoms with Crippen molar-refractivity contribution in [2.75, 3.05) is 13.2 Å². The number of carbonyl (C=O) groups excluding carboxylic acids is 1. The Kier molecular flexibility index (Phi) is 11.5. The van der Waals surface area contributed by atoms with Crippen molar-refractivity contribution in [1.82, 2.24) is 0 Å². The molecule has 0 aliphatic heterocycles. The van der Waals surface area contributed by atoms with Crippen LogP contribution in [0.4, 0.5) is 0 Å². The van der Waals surface area contributed by atoms with E-state index in [1.54, 1.807) is 0 Å². The summed E-state index contributed by atoms with van der Waals surface area (Å²) in [5.41, 5.74) is 0. The number of thiol groups is 1. The molecule has 0 radical (unpaired) electrons. The molecular formula is C6H11LiO5S. The summed E-state index contributed by atoms with van der Waals surface area (Å²) in [6, 6.07) is 0. The number of hydrogen-bond acceptors (Lipinski definition) is 5. The Labute approximate surface area is 90.4 Å². The van der Waals surface area contributed by atoms with Crippen LogP contribution in [-0.4, -0.2) is 46.5 Å². The molecule has 0 aromatic heterocycles. The molecule has 0 bridgehead atoms. The summed E-state index contributed by atoms with van der Waals surface area (Å²) >= 11 is 0. The van der Waals surface area contributed by atoms with Crippen LogP contribution in [-0.2, 0) is 24.7 Å². The Bertz CT molecular complexity index is 217. The SMILES string of the molecule is C=CC(=O)OCCCO[SH](=O)=O.[LiH]. The van der Waals surface area contributed by atoms with Gasteiger partial charge in [-0.15, -0.1) is 0 Å². The second kappa shape index (κ2) is 9.80. The summed E-state index contributed by atoms with van der Waals surface area (Å²) in [7, 11) is -2.80. The van der Waals surface area contributed by atoms with Crippen LogP contribution < -0.4 is 0 Å². The Balaban J connectivity index is 0. The molecule has 7 heteroatoms. The fourth-order valence-corrected chi connectivity index (χ4v) is 0.708. The number of hydrogen-bond donors (Lipinski definition) is 1. The molecule has 0 fully saturated rings. The molecule has 0 rings (SSSR count). The fraction of sp³-hybridized carbons (Fsp3) is 0.500. The predicted octanol–water partition coefficient (Wildman–Crippen LogP) is -1.000. The van der Waals surface area contributed by atoms with Gasteiger partial charge in [0, 0.05) is 12.5 Å². The van der Waals surface area contributed by atoms with E-state index in [4.69, 9.17) is 0 Å². The van der Waals surface area contributed by atoms with E-state index in [0.717, 1.165) is 6.08 Å². The van der Waals surface area contributed by atoms with Crippen LogP contribution in [0.25, 0.3) is 0 Å². The van der Waals surface area contributed by atoms with Gasteiger partial charge < -0.3 is 4.74 Å². The molecule has 0 aliphatic carbocycles. The van der Waals surface area contributed by atoms with Crippen LogP contribution in [0.1, 0.15) is 6.42 Å². The Morgan fingerprint density at radius 3 is 2.46 bits per heavy atom. The molecule has 13 heavy (non-hydrogen) atoms. The molecule has 0 saturated carbocycles. The van der Waals surface area contributed by atoms with Crippen molar-refractivity contribution >= 4 is 35.8 Å². The Hall–Kier alpha value is -0.283. The standard InChI is InChI=1S/C6H10O5S.Li.H/c1-2-6(7)10-4-3-5-11-12(8)9;;/h2,12H,1,3-5H2;;. The first-order chi connectivity index (χ1) is 5.66. The summed E-state index contributed by atoms with van der Waals surface area (Å²) in [6.45, 7) is 3.35. The summed E-state index contributed by atoms with van der Waals surface area (Å²) in [5, 5.41) is 0. The molecule has 0 atom stereocenters. The van der Waals surface area contributed by atoms with Crippen LogP contribution >= 0.6 is 0 Å². The second-order valence-corrected chi connectivity index (χ2v) is 2.49. The van der Waals surface area contributed by atoms with E-state index in [0.29, 0.717) is 6.42 Å². The number of ether oxygens (including phenoxy) is 1. The zero-order chi connectivity index (χ0) is 9.40. The van der Waals surface area contributed by atoms with Crippen molar-refractivity contribution in [1.29, 1.82) is 0 Å². The van der Waals surface area contributed by atoms with Gasteiger partial charge in [-0.3, -0.25) is 4.18 Å². The topological polar surface area (TPSA) is 69.7 Å². The summed E-state index contributed by atoms with van der Waals surface area (Å²) in [4.78, 5) is 10.4. The van der Waals surface area contributed by atoms with E-state index < -0.39 is 17.0 Å². The van der Waals surface area contributed by atoms with Gasteiger partial charge in [0.05, 0.1) is 13.2 Å². The first-order valence-electron chi connectivity index (χ1n) is 3.23. The van der Waals surface area contributed by atoms with E-state index in [-0.39, 0.29) is 32.1 Å². The van der Waals surface area contributed by atoms with Crippen molar-refractivity contribution in [2.45, 2.75) is 6.42 Å². The van der Waals surface area contributed by atoms with Gasteiger partial charge in [-0.05, 0) is 0 Å². The zero-order valence-corrected chi connectivity index (χ0v) is 7.29. The van der Waals surface area contributed by atoms with E-state index >= 15 is 0 Å². The van der Waals surface area contributed by atoms with Gasteiger partial charge in [-0.2, -0.15) is 0 Å². The van der Waals surface area contributed by atoms with Gasteiger partial charge in [0.25, 0.3) is 11.0 Å². The molecule has 0 amide bonds. The zero-order valence-electron chi connectivity index (χ0n) is 6.39. The van der Waals surface area contributed by atoms with Gasteiger partial charge in [-0.25, -0.2) is 13.2 Å². The molecule has 5 nitrogen and oxygen atoms in total. The van der Waals surface area contributed by atoms with Crippen molar-refractivity contribution in [3.8, 4) is 0 Å². The fourth-order valence-electron chi connectivity index (χ4n) is 0.430. The van der Waals surface area contributed by atoms with Crippen molar-refractivity contribution in [3.05, 3.63) is 12.7 Å². The molecular weight excluding hydrogens is 191 g/mol. The minimum absolute atomic E-state index is 0. The third-order valence-electron chi connectivity index (χ3n) is 0.896. The van der Waals surface area contributed by atoms with Gasteiger partial charge in [0.15, 0.2) is 0 Å². The van der Waals surface area contributed by atoms with Crippen LogP contribution in [0.15, 0.2) is 12.7 Å². The predicted molar refractivity (Wildman–Crippen MR) is 49.2 cm³/mol. The van der Waals surface area contributed by atoms with Crippen LogP contribution in [0.5, 0.6) is 0 Å². The quantitative estimate of drug-likeness (QED) is 0.197. The first-order valence-corrected chi connectivity index (χ1v) is 4.33. The van der Waals surface area contributed by atoms with Gasteiger partial charge in [-0.1, -0.05) is 6.58 Å². The molecule has 0 spiro atoms. The van der Waals surface area contributed by atoms with Crippen molar-refractivity contribution in [2.24, 2.45) is 0 Å². The molecule has 72 valence electrons. The van der Waals surface area contributed by atoms with E-state index in [1.165, 1.54) is 0 Å². The average Bonchev–Trinajstić information content (AvgIpc) is 2.03. The van der Waals surface area contributed by atoms with Crippen molar-refractivity contribution in [3.63, 3.8) is 0 Å². The second-order valence-electron chi connectivity index (χ2n) is 1.78. The van der Waals surface area contributed by atoms with Crippen LogP contribution in [0, 0.1) is 0 Å². The Morgan fingerprint density at radius 2 is 2.00 bits per heavy atom. The Morgan fingerprint density at radius 1 is 1.38 bits per heavy atom. The minimum atomic E-state index is -2.80. The number of carbonyl (C=O) groups is 1. The van der Waals surface area contributed by atoms with Gasteiger partial charge in [0.2, 0.25) is 0 Å². The maximum absolute atomic E-state index is 10.4. The number of rotatable bonds is 6. The van der Waals surface area contributed by atoms with E-state index in [9.17, 15) is 13.2 Å². The number of esters is 1. The third kappa shape index (κ3) is 11.7. The van der Waals surface area contributed by atoms with E-state index in [2.05, 4.69) is 15.5 Å². The third-order valence-corrected chi connectivity index (χ3v) is 1.29. The average molecular weight is 202 g/mol.